The molecule has 2 bridgehead atoms. The van der Waals surface area contributed by atoms with Crippen molar-refractivity contribution in [2.24, 2.45) is 17.8 Å². The van der Waals surface area contributed by atoms with Crippen LogP contribution in [0.4, 0.5) is 0 Å². The summed E-state index contributed by atoms with van der Waals surface area (Å²) in [7, 11) is 0. The van der Waals surface area contributed by atoms with Crippen LogP contribution in [0, 0.1) is 17.8 Å². The zero-order valence-corrected chi connectivity index (χ0v) is 14.4. The topological polar surface area (TPSA) is 0 Å². The molecule has 1 aromatic rings. The molecule has 0 heterocycles. The first-order valence-electron chi connectivity index (χ1n) is 8.41. The summed E-state index contributed by atoms with van der Waals surface area (Å²) < 4.78 is 0. The molecular formula is C19H27Br. The molecule has 0 aliphatic heterocycles. The summed E-state index contributed by atoms with van der Waals surface area (Å²) in [5.41, 5.74) is 2.95. The third-order valence-corrected chi connectivity index (χ3v) is 6.78. The van der Waals surface area contributed by atoms with Gasteiger partial charge in [-0.05, 0) is 66.9 Å². The predicted molar refractivity (Wildman–Crippen MR) is 90.4 cm³/mol. The van der Waals surface area contributed by atoms with Gasteiger partial charge in [-0.1, -0.05) is 60.5 Å². The van der Waals surface area contributed by atoms with Gasteiger partial charge >= 0.3 is 0 Å². The van der Waals surface area contributed by atoms with Crippen molar-refractivity contribution in [3.05, 3.63) is 35.4 Å². The molecule has 5 atom stereocenters. The molecule has 0 radical (unpaired) electrons. The Kier molecular flexibility index (Phi) is 4.55. The maximum atomic E-state index is 3.95. The molecule has 0 nitrogen and oxygen atoms in total. The number of benzene rings is 1. The van der Waals surface area contributed by atoms with Crippen molar-refractivity contribution < 1.29 is 0 Å². The SMILES string of the molecule is CCC(C)c1ccc(C(Br)CC2CC3CCC2C3)cc1. The number of rotatable bonds is 5. The average molecular weight is 335 g/mol. The van der Waals surface area contributed by atoms with Crippen LogP contribution >= 0.6 is 15.9 Å². The molecule has 2 aliphatic rings. The van der Waals surface area contributed by atoms with Crippen molar-refractivity contribution in [3.63, 3.8) is 0 Å². The standard InChI is InChI=1S/C19H27Br/c1-3-13(2)15-6-8-16(9-7-15)19(20)12-18-11-14-4-5-17(18)10-14/h6-9,13-14,17-19H,3-5,10-12H2,1-2H3. The Morgan fingerprint density at radius 2 is 1.80 bits per heavy atom. The van der Waals surface area contributed by atoms with Crippen LogP contribution in [0.3, 0.4) is 0 Å². The third kappa shape index (κ3) is 2.98. The number of halogens is 1. The fraction of sp³-hybridized carbons (Fsp3) is 0.684. The highest BCUT2D eigenvalue weighted by Gasteiger charge is 2.39. The van der Waals surface area contributed by atoms with Gasteiger partial charge in [0.2, 0.25) is 0 Å². The summed E-state index contributed by atoms with van der Waals surface area (Å²) in [4.78, 5) is 0.554. The molecule has 0 N–H and O–H groups in total. The van der Waals surface area contributed by atoms with E-state index in [0.29, 0.717) is 10.7 Å². The summed E-state index contributed by atoms with van der Waals surface area (Å²) in [5, 5.41) is 0. The molecule has 5 unspecified atom stereocenters. The quantitative estimate of drug-likeness (QED) is 0.542. The highest BCUT2D eigenvalue weighted by atomic mass is 79.9. The lowest BCUT2D eigenvalue weighted by molar-refractivity contribution is 0.314. The van der Waals surface area contributed by atoms with Gasteiger partial charge in [0.15, 0.2) is 0 Å². The summed E-state index contributed by atoms with van der Waals surface area (Å²) in [5.74, 6) is 3.77. The van der Waals surface area contributed by atoms with Crippen LogP contribution in [0.15, 0.2) is 24.3 Å². The summed E-state index contributed by atoms with van der Waals surface area (Å²) >= 11 is 3.95. The van der Waals surface area contributed by atoms with E-state index in [2.05, 4.69) is 54.0 Å². The Morgan fingerprint density at radius 1 is 1.10 bits per heavy atom. The molecular weight excluding hydrogens is 308 g/mol. The van der Waals surface area contributed by atoms with Crippen LogP contribution in [0.5, 0.6) is 0 Å². The highest BCUT2D eigenvalue weighted by molar-refractivity contribution is 9.09. The zero-order valence-electron chi connectivity index (χ0n) is 12.8. The molecule has 2 saturated carbocycles. The third-order valence-electron chi connectivity index (χ3n) is 5.87. The molecule has 2 aliphatic carbocycles. The van der Waals surface area contributed by atoms with Gasteiger partial charge in [0.25, 0.3) is 0 Å². The normalized spacial score (nSPS) is 31.4. The predicted octanol–water partition coefficient (Wildman–Crippen LogP) is 6.46. The van der Waals surface area contributed by atoms with E-state index in [1.807, 2.05) is 0 Å². The van der Waals surface area contributed by atoms with E-state index in [9.17, 15) is 0 Å². The molecule has 1 aromatic carbocycles. The minimum atomic E-state index is 0.554. The Morgan fingerprint density at radius 3 is 2.35 bits per heavy atom. The van der Waals surface area contributed by atoms with E-state index in [0.717, 1.165) is 17.8 Å². The van der Waals surface area contributed by atoms with Gasteiger partial charge in [0.05, 0.1) is 0 Å². The smallest absolute Gasteiger partial charge is 0.0398 e. The first kappa shape index (κ1) is 14.6. The van der Waals surface area contributed by atoms with Crippen molar-refractivity contribution in [2.45, 2.75) is 63.1 Å². The van der Waals surface area contributed by atoms with Crippen LogP contribution in [-0.4, -0.2) is 0 Å². The minimum absolute atomic E-state index is 0.554. The minimum Gasteiger partial charge on any atom is -0.0839 e. The van der Waals surface area contributed by atoms with E-state index < -0.39 is 0 Å². The molecule has 0 aromatic heterocycles. The maximum absolute atomic E-state index is 3.95. The highest BCUT2D eigenvalue weighted by Crippen LogP contribution is 2.51. The second-order valence-electron chi connectivity index (χ2n) is 7.11. The number of hydrogen-bond acceptors (Lipinski definition) is 0. The molecule has 1 heteroatoms. The molecule has 0 spiro atoms. The summed E-state index contributed by atoms with van der Waals surface area (Å²) in [6.45, 7) is 4.58. The largest absolute Gasteiger partial charge is 0.0839 e. The number of fused-ring (bicyclic) bond motifs is 2. The van der Waals surface area contributed by atoms with Crippen molar-refractivity contribution in [2.75, 3.05) is 0 Å². The first-order valence-corrected chi connectivity index (χ1v) is 9.32. The van der Waals surface area contributed by atoms with Gasteiger partial charge < -0.3 is 0 Å². The van der Waals surface area contributed by atoms with E-state index >= 15 is 0 Å². The van der Waals surface area contributed by atoms with Crippen LogP contribution in [0.25, 0.3) is 0 Å². The van der Waals surface area contributed by atoms with Crippen LogP contribution < -0.4 is 0 Å². The van der Waals surface area contributed by atoms with E-state index in [1.54, 1.807) is 0 Å². The van der Waals surface area contributed by atoms with Gasteiger partial charge in [-0.2, -0.15) is 0 Å². The number of alkyl halides is 1. The second-order valence-corrected chi connectivity index (χ2v) is 8.22. The molecule has 2 fully saturated rings. The average Bonchev–Trinajstić information content (AvgIpc) is 3.09. The maximum Gasteiger partial charge on any atom is 0.0398 e. The van der Waals surface area contributed by atoms with Crippen LogP contribution in [0.2, 0.25) is 0 Å². The molecule has 20 heavy (non-hydrogen) atoms. The summed E-state index contributed by atoms with van der Waals surface area (Å²) in [6.07, 6.45) is 8.60. The van der Waals surface area contributed by atoms with Crippen molar-refractivity contribution in [1.29, 1.82) is 0 Å². The molecule has 0 saturated heterocycles. The fourth-order valence-electron chi connectivity index (χ4n) is 4.34. The fourth-order valence-corrected chi connectivity index (χ4v) is 5.12. The summed E-state index contributed by atoms with van der Waals surface area (Å²) in [6, 6.07) is 9.35. The van der Waals surface area contributed by atoms with Gasteiger partial charge in [-0.25, -0.2) is 0 Å². The Hall–Kier alpha value is -0.300. The lowest BCUT2D eigenvalue weighted by Gasteiger charge is -2.24. The van der Waals surface area contributed by atoms with Crippen molar-refractivity contribution in [1.82, 2.24) is 0 Å². The molecule has 0 amide bonds. The number of hydrogen-bond donors (Lipinski definition) is 0. The van der Waals surface area contributed by atoms with E-state index in [1.165, 1.54) is 49.7 Å². The monoisotopic (exact) mass is 334 g/mol. The lowest BCUT2D eigenvalue weighted by Crippen LogP contribution is -2.12. The van der Waals surface area contributed by atoms with Gasteiger partial charge in [-0.15, -0.1) is 0 Å². The van der Waals surface area contributed by atoms with Crippen LogP contribution in [0.1, 0.15) is 74.2 Å². The van der Waals surface area contributed by atoms with E-state index in [-0.39, 0.29) is 0 Å². The van der Waals surface area contributed by atoms with Gasteiger partial charge in [-0.3, -0.25) is 0 Å². The van der Waals surface area contributed by atoms with Gasteiger partial charge in [0, 0.05) is 4.83 Å². The molecule has 3 rings (SSSR count). The second kappa shape index (κ2) is 6.22. The van der Waals surface area contributed by atoms with Crippen molar-refractivity contribution >= 4 is 15.9 Å². The zero-order chi connectivity index (χ0) is 14.1. The van der Waals surface area contributed by atoms with Gasteiger partial charge in [0.1, 0.15) is 0 Å². The first-order chi connectivity index (χ1) is 9.67. The molecule has 110 valence electrons. The lowest BCUT2D eigenvalue weighted by atomic mass is 9.84. The van der Waals surface area contributed by atoms with Crippen molar-refractivity contribution in [3.8, 4) is 0 Å². The Bertz CT molecular complexity index is 436. The Balaban J connectivity index is 1.61. The van der Waals surface area contributed by atoms with Crippen LogP contribution in [-0.2, 0) is 0 Å². The Labute approximate surface area is 132 Å². The van der Waals surface area contributed by atoms with E-state index in [4.69, 9.17) is 0 Å².